The summed E-state index contributed by atoms with van der Waals surface area (Å²) in [4.78, 5) is 23.2. The first kappa shape index (κ1) is 14.0. The number of esters is 2. The molecule has 0 N–H and O–H groups in total. The monoisotopic (exact) mass is 223 g/mol. The number of hydrogen-bond donors (Lipinski definition) is 0. The van der Waals surface area contributed by atoms with E-state index in [1.165, 1.54) is 0 Å². The van der Waals surface area contributed by atoms with Gasteiger partial charge < -0.3 is 9.47 Å². The standard InChI is InChI=1S/C11H13NO4/c1-4-6-11(7-5-8-12,9(13)15-2)10(14)16-3/h1H,5-7H2,2-3H3. The van der Waals surface area contributed by atoms with Crippen molar-refractivity contribution in [2.45, 2.75) is 19.3 Å². The van der Waals surface area contributed by atoms with Crippen LogP contribution in [-0.2, 0) is 19.1 Å². The maximum atomic E-state index is 11.6. The van der Waals surface area contributed by atoms with Crippen LogP contribution in [0.1, 0.15) is 19.3 Å². The minimum absolute atomic E-state index is 0.00690. The zero-order chi connectivity index (χ0) is 12.6. The number of carbonyl (C=O) groups is 2. The van der Waals surface area contributed by atoms with Crippen molar-refractivity contribution in [1.82, 2.24) is 0 Å². The lowest BCUT2D eigenvalue weighted by molar-refractivity contribution is -0.169. The summed E-state index contributed by atoms with van der Waals surface area (Å²) in [6.45, 7) is 0. The molecule has 0 aliphatic carbocycles. The Labute approximate surface area is 94.3 Å². The summed E-state index contributed by atoms with van der Waals surface area (Å²) in [5, 5.41) is 8.50. The van der Waals surface area contributed by atoms with Crippen molar-refractivity contribution in [1.29, 1.82) is 5.26 Å². The van der Waals surface area contributed by atoms with Crippen LogP contribution in [0.5, 0.6) is 0 Å². The normalized spacial score (nSPS) is 9.75. The van der Waals surface area contributed by atoms with Crippen molar-refractivity contribution in [3.63, 3.8) is 0 Å². The summed E-state index contributed by atoms with van der Waals surface area (Å²) in [6, 6.07) is 1.86. The second kappa shape index (κ2) is 6.47. The Morgan fingerprint density at radius 1 is 1.31 bits per heavy atom. The highest BCUT2D eigenvalue weighted by Gasteiger charge is 2.47. The molecule has 0 aliphatic heterocycles. The van der Waals surface area contributed by atoms with Crippen LogP contribution in [-0.4, -0.2) is 26.2 Å². The number of hydrogen-bond acceptors (Lipinski definition) is 5. The van der Waals surface area contributed by atoms with Gasteiger partial charge in [0.05, 0.1) is 20.3 Å². The third-order valence-corrected chi connectivity index (χ3v) is 2.22. The van der Waals surface area contributed by atoms with Crippen molar-refractivity contribution in [3.8, 4) is 18.4 Å². The second-order valence-corrected chi connectivity index (χ2v) is 3.10. The summed E-state index contributed by atoms with van der Waals surface area (Å²) < 4.78 is 9.09. The van der Waals surface area contributed by atoms with Gasteiger partial charge in [0.15, 0.2) is 5.41 Å². The molecule has 0 amide bonds. The van der Waals surface area contributed by atoms with Gasteiger partial charge in [-0.2, -0.15) is 5.26 Å². The van der Waals surface area contributed by atoms with Crippen molar-refractivity contribution in [2.24, 2.45) is 5.41 Å². The summed E-state index contributed by atoms with van der Waals surface area (Å²) in [5.41, 5.74) is -1.56. The molecule has 0 aromatic carbocycles. The van der Waals surface area contributed by atoms with E-state index in [1.54, 1.807) is 0 Å². The number of nitriles is 1. The zero-order valence-electron chi connectivity index (χ0n) is 9.28. The number of nitrogens with zero attached hydrogens (tertiary/aromatic N) is 1. The van der Waals surface area contributed by atoms with Gasteiger partial charge in [0.2, 0.25) is 0 Å². The maximum Gasteiger partial charge on any atom is 0.324 e. The Morgan fingerprint density at radius 3 is 2.12 bits per heavy atom. The van der Waals surface area contributed by atoms with Gasteiger partial charge in [-0.3, -0.25) is 9.59 Å². The van der Waals surface area contributed by atoms with Gasteiger partial charge in [0.25, 0.3) is 0 Å². The summed E-state index contributed by atoms with van der Waals surface area (Å²) in [6.07, 6.45) is 4.99. The lowest BCUT2D eigenvalue weighted by atomic mass is 9.80. The first-order valence-electron chi connectivity index (χ1n) is 4.56. The molecule has 0 saturated carbocycles. The van der Waals surface area contributed by atoms with Crippen molar-refractivity contribution >= 4 is 11.9 Å². The van der Waals surface area contributed by atoms with Crippen LogP contribution in [0.25, 0.3) is 0 Å². The first-order chi connectivity index (χ1) is 7.58. The van der Waals surface area contributed by atoms with Crippen molar-refractivity contribution in [2.75, 3.05) is 14.2 Å². The lowest BCUT2D eigenvalue weighted by Crippen LogP contribution is -2.41. The molecule has 0 atom stereocenters. The average Bonchev–Trinajstić information content (AvgIpc) is 2.32. The van der Waals surface area contributed by atoms with E-state index in [2.05, 4.69) is 15.4 Å². The van der Waals surface area contributed by atoms with E-state index in [-0.39, 0.29) is 19.3 Å². The molecule has 0 saturated heterocycles. The van der Waals surface area contributed by atoms with E-state index in [4.69, 9.17) is 11.7 Å². The number of ether oxygens (including phenoxy) is 2. The van der Waals surface area contributed by atoms with Crippen LogP contribution >= 0.6 is 0 Å². The molecule has 0 unspecified atom stereocenters. The minimum atomic E-state index is -1.56. The largest absolute Gasteiger partial charge is 0.468 e. The Morgan fingerprint density at radius 2 is 1.81 bits per heavy atom. The molecule has 0 spiro atoms. The fraction of sp³-hybridized carbons (Fsp3) is 0.545. The van der Waals surface area contributed by atoms with E-state index < -0.39 is 17.4 Å². The zero-order valence-corrected chi connectivity index (χ0v) is 9.28. The van der Waals surface area contributed by atoms with Crippen LogP contribution in [0.2, 0.25) is 0 Å². The lowest BCUT2D eigenvalue weighted by Gasteiger charge is -2.25. The molecule has 0 aromatic heterocycles. The van der Waals surface area contributed by atoms with E-state index >= 15 is 0 Å². The minimum Gasteiger partial charge on any atom is -0.468 e. The predicted octanol–water partition coefficient (Wildman–Crippen LogP) is 0.646. The molecule has 0 radical (unpaired) electrons. The van der Waals surface area contributed by atoms with E-state index in [0.29, 0.717) is 0 Å². The Balaban J connectivity index is 5.23. The average molecular weight is 223 g/mol. The summed E-state index contributed by atoms with van der Waals surface area (Å²) in [5.74, 6) is 0.695. The SMILES string of the molecule is C#CCC(CCC#N)(C(=O)OC)C(=O)OC. The number of rotatable bonds is 5. The van der Waals surface area contributed by atoms with Gasteiger partial charge >= 0.3 is 11.9 Å². The third-order valence-electron chi connectivity index (χ3n) is 2.22. The summed E-state index contributed by atoms with van der Waals surface area (Å²) >= 11 is 0. The molecular weight excluding hydrogens is 210 g/mol. The molecule has 16 heavy (non-hydrogen) atoms. The number of carbonyl (C=O) groups excluding carboxylic acids is 2. The first-order valence-corrected chi connectivity index (χ1v) is 4.56. The van der Waals surface area contributed by atoms with Crippen LogP contribution in [0.4, 0.5) is 0 Å². The van der Waals surface area contributed by atoms with E-state index in [1.807, 2.05) is 6.07 Å². The third kappa shape index (κ3) is 2.74. The number of methoxy groups -OCH3 is 2. The smallest absolute Gasteiger partial charge is 0.324 e. The van der Waals surface area contributed by atoms with Gasteiger partial charge in [-0.1, -0.05) is 0 Å². The molecular formula is C11H13NO4. The molecule has 0 aliphatic rings. The summed E-state index contributed by atoms with van der Waals surface area (Å²) in [7, 11) is 2.31. The molecule has 0 fully saturated rings. The van der Waals surface area contributed by atoms with Gasteiger partial charge in [-0.25, -0.2) is 0 Å². The fourth-order valence-corrected chi connectivity index (χ4v) is 1.35. The Bertz CT molecular complexity index is 332. The quantitative estimate of drug-likeness (QED) is 0.388. The molecule has 0 aromatic rings. The van der Waals surface area contributed by atoms with E-state index in [9.17, 15) is 9.59 Å². The van der Waals surface area contributed by atoms with Crippen molar-refractivity contribution < 1.29 is 19.1 Å². The number of terminal acetylenes is 1. The van der Waals surface area contributed by atoms with E-state index in [0.717, 1.165) is 14.2 Å². The Kier molecular flexibility index (Phi) is 5.66. The van der Waals surface area contributed by atoms with Crippen molar-refractivity contribution in [3.05, 3.63) is 0 Å². The fourth-order valence-electron chi connectivity index (χ4n) is 1.35. The van der Waals surface area contributed by atoms with Gasteiger partial charge in [0, 0.05) is 12.8 Å². The van der Waals surface area contributed by atoms with Crippen LogP contribution in [0, 0.1) is 29.1 Å². The van der Waals surface area contributed by atoms with Gasteiger partial charge in [0.1, 0.15) is 0 Å². The van der Waals surface area contributed by atoms with Crippen LogP contribution in [0.3, 0.4) is 0 Å². The predicted molar refractivity (Wildman–Crippen MR) is 54.8 cm³/mol. The highest BCUT2D eigenvalue weighted by atomic mass is 16.5. The molecule has 0 bridgehead atoms. The van der Waals surface area contributed by atoms with Crippen LogP contribution in [0.15, 0.2) is 0 Å². The molecule has 0 rings (SSSR count). The van der Waals surface area contributed by atoms with Crippen LogP contribution < -0.4 is 0 Å². The Hall–Kier alpha value is -2.01. The molecule has 86 valence electrons. The highest BCUT2D eigenvalue weighted by Crippen LogP contribution is 2.31. The topological polar surface area (TPSA) is 76.4 Å². The molecule has 0 heterocycles. The molecule has 5 heteroatoms. The second-order valence-electron chi connectivity index (χ2n) is 3.10. The molecule has 5 nitrogen and oxygen atoms in total. The van der Waals surface area contributed by atoms with Gasteiger partial charge in [-0.05, 0) is 6.42 Å². The maximum absolute atomic E-state index is 11.6. The van der Waals surface area contributed by atoms with Gasteiger partial charge in [-0.15, -0.1) is 12.3 Å². The highest BCUT2D eigenvalue weighted by molar-refractivity contribution is 6.00.